The molecule has 5 heterocycles. The van der Waals surface area contributed by atoms with Gasteiger partial charge in [-0.2, -0.15) is 0 Å². The maximum absolute atomic E-state index is 12.5. The van der Waals surface area contributed by atoms with Crippen molar-refractivity contribution < 1.29 is 24.1 Å². The van der Waals surface area contributed by atoms with Crippen LogP contribution in [-0.2, 0) is 21.9 Å². The van der Waals surface area contributed by atoms with Crippen molar-refractivity contribution in [3.63, 3.8) is 0 Å². The van der Waals surface area contributed by atoms with E-state index in [9.17, 15) is 14.7 Å². The Kier molecular flexibility index (Phi) is 12.1. The fraction of sp³-hybridized carbons (Fsp3) is 0.641. The molecule has 0 saturated carbocycles. The van der Waals surface area contributed by atoms with Crippen molar-refractivity contribution in [3.05, 3.63) is 46.5 Å². The number of benzene rings is 1. The number of piperazine rings is 1. The number of pyridine rings is 1. The Morgan fingerprint density at radius 1 is 1.00 bits per heavy atom. The molecule has 3 aliphatic rings. The van der Waals surface area contributed by atoms with Gasteiger partial charge in [-0.05, 0) is 68.6 Å². The number of hydrogen-bond acceptors (Lipinski definition) is 9. The highest BCUT2D eigenvalue weighted by Crippen LogP contribution is 2.41. The van der Waals surface area contributed by atoms with E-state index < -0.39 is 6.09 Å². The number of fused-ring (bicyclic) bond motifs is 1. The number of rotatable bonds is 13. The Bertz CT molecular complexity index is 1690. The number of aromatic nitrogens is 3. The van der Waals surface area contributed by atoms with Gasteiger partial charge in [0.15, 0.2) is 6.29 Å². The molecule has 12 nitrogen and oxygen atoms in total. The number of amides is 1. The lowest BCUT2D eigenvalue weighted by molar-refractivity contribution is -0.173. The zero-order chi connectivity index (χ0) is 36.0. The van der Waals surface area contributed by atoms with Crippen molar-refractivity contribution in [2.75, 3.05) is 71.0 Å². The molecule has 3 saturated heterocycles. The SMILES string of the molecule is CCCC(CCC)(COC1CCCCO1)c1nc(N2CCC(CN3CCN(C(=O)O)CC3)CC2)nc2ccc(-c3cn(C)c(=O)cc3OC)cc12. The molecule has 1 unspecified atom stereocenters. The van der Waals surface area contributed by atoms with E-state index >= 15 is 0 Å². The summed E-state index contributed by atoms with van der Waals surface area (Å²) in [6, 6.07) is 7.86. The number of piperidine rings is 1. The lowest BCUT2D eigenvalue weighted by atomic mass is 9.75. The van der Waals surface area contributed by atoms with Gasteiger partial charge in [-0.3, -0.25) is 9.69 Å². The average molecular weight is 705 g/mol. The van der Waals surface area contributed by atoms with Crippen molar-refractivity contribution in [2.24, 2.45) is 13.0 Å². The van der Waals surface area contributed by atoms with E-state index in [-0.39, 0.29) is 17.3 Å². The minimum Gasteiger partial charge on any atom is -0.496 e. The molecule has 6 rings (SSSR count). The molecule has 1 amide bonds. The van der Waals surface area contributed by atoms with Crippen molar-refractivity contribution in [2.45, 2.75) is 83.3 Å². The van der Waals surface area contributed by atoms with Crippen LogP contribution in [0.1, 0.15) is 77.3 Å². The number of carbonyl (C=O) groups is 1. The molecular weight excluding hydrogens is 648 g/mol. The molecule has 0 bridgehead atoms. The Morgan fingerprint density at radius 3 is 2.39 bits per heavy atom. The molecule has 3 fully saturated rings. The van der Waals surface area contributed by atoms with Crippen molar-refractivity contribution >= 4 is 22.9 Å². The molecule has 0 aliphatic carbocycles. The van der Waals surface area contributed by atoms with Crippen LogP contribution in [0.25, 0.3) is 22.0 Å². The summed E-state index contributed by atoms with van der Waals surface area (Å²) >= 11 is 0. The van der Waals surface area contributed by atoms with Crippen LogP contribution in [0.4, 0.5) is 10.7 Å². The van der Waals surface area contributed by atoms with Crippen LogP contribution < -0.4 is 15.2 Å². The smallest absolute Gasteiger partial charge is 0.407 e. The van der Waals surface area contributed by atoms with Gasteiger partial charge in [-0.25, -0.2) is 14.8 Å². The summed E-state index contributed by atoms with van der Waals surface area (Å²) in [5.74, 6) is 1.86. The average Bonchev–Trinajstić information content (AvgIpc) is 3.15. The number of carboxylic acid groups (broad SMARTS) is 1. The van der Waals surface area contributed by atoms with E-state index in [0.717, 1.165) is 131 Å². The largest absolute Gasteiger partial charge is 0.496 e. The van der Waals surface area contributed by atoms with Crippen molar-refractivity contribution in [3.8, 4) is 16.9 Å². The first kappa shape index (κ1) is 37.0. The molecule has 1 aromatic carbocycles. The highest BCUT2D eigenvalue weighted by molar-refractivity contribution is 5.89. The van der Waals surface area contributed by atoms with Crippen LogP contribution in [0.3, 0.4) is 0 Å². The van der Waals surface area contributed by atoms with Gasteiger partial charge in [0.05, 0.1) is 24.9 Å². The second-order valence-electron chi connectivity index (χ2n) is 14.7. The lowest BCUT2D eigenvalue weighted by Crippen LogP contribution is -2.50. The summed E-state index contributed by atoms with van der Waals surface area (Å²) in [7, 11) is 3.36. The Hall–Kier alpha value is -3.74. The molecule has 3 aromatic rings. The first-order valence-electron chi connectivity index (χ1n) is 19.0. The van der Waals surface area contributed by atoms with Crippen LogP contribution in [0.2, 0.25) is 0 Å². The molecular formula is C39H56N6O6. The molecule has 2 aromatic heterocycles. The molecule has 0 spiro atoms. The predicted molar refractivity (Wildman–Crippen MR) is 199 cm³/mol. The molecule has 3 aliphatic heterocycles. The maximum atomic E-state index is 12.5. The van der Waals surface area contributed by atoms with Gasteiger partial charge in [0.2, 0.25) is 5.95 Å². The standard InChI is InChI=1S/C39H56N6O6/c1-5-14-39(15-6-2,27-51-35-9-7-8-22-50-35)36-30-23-29(31-26-42(3)34(46)24-33(31)49-4)10-11-32(30)40-37(41-36)44-16-12-28(13-17-44)25-43-18-20-45(21-19-43)38(47)48/h10-11,23-24,26,28,35H,5-9,12-22,25,27H2,1-4H3,(H,47,48). The maximum Gasteiger partial charge on any atom is 0.407 e. The van der Waals surface area contributed by atoms with Crippen LogP contribution in [-0.4, -0.2) is 108 Å². The summed E-state index contributed by atoms with van der Waals surface area (Å²) < 4.78 is 19.9. The van der Waals surface area contributed by atoms with Crippen LogP contribution in [0, 0.1) is 5.92 Å². The van der Waals surface area contributed by atoms with E-state index in [1.807, 2.05) is 6.20 Å². The lowest BCUT2D eigenvalue weighted by Gasteiger charge is -2.39. The fourth-order valence-electron chi connectivity index (χ4n) is 8.26. The van der Waals surface area contributed by atoms with E-state index in [2.05, 4.69) is 41.8 Å². The third kappa shape index (κ3) is 8.50. The summed E-state index contributed by atoms with van der Waals surface area (Å²) in [6.45, 7) is 11.2. The third-order valence-corrected chi connectivity index (χ3v) is 11.1. The minimum atomic E-state index is -0.823. The van der Waals surface area contributed by atoms with Gasteiger partial charge >= 0.3 is 6.09 Å². The number of anilines is 1. The van der Waals surface area contributed by atoms with E-state index in [1.54, 1.807) is 18.7 Å². The number of methoxy groups -OCH3 is 1. The topological polar surface area (TPSA) is 122 Å². The summed E-state index contributed by atoms with van der Waals surface area (Å²) in [4.78, 5) is 40.8. The van der Waals surface area contributed by atoms with Crippen molar-refractivity contribution in [1.82, 2.24) is 24.3 Å². The van der Waals surface area contributed by atoms with Gasteiger partial charge in [-0.15, -0.1) is 0 Å². The van der Waals surface area contributed by atoms with Gasteiger partial charge < -0.3 is 33.7 Å². The summed E-state index contributed by atoms with van der Waals surface area (Å²) in [6.07, 6.45) is 9.79. The number of nitrogens with zero attached hydrogens (tertiary/aromatic N) is 6. The van der Waals surface area contributed by atoms with E-state index in [4.69, 9.17) is 24.2 Å². The first-order valence-corrected chi connectivity index (χ1v) is 19.0. The van der Waals surface area contributed by atoms with Crippen molar-refractivity contribution in [1.29, 1.82) is 0 Å². The van der Waals surface area contributed by atoms with Crippen LogP contribution >= 0.6 is 0 Å². The zero-order valence-electron chi connectivity index (χ0n) is 30.9. The Morgan fingerprint density at radius 2 is 1.75 bits per heavy atom. The molecule has 12 heteroatoms. The summed E-state index contributed by atoms with van der Waals surface area (Å²) in [5, 5.41) is 10.3. The monoisotopic (exact) mass is 704 g/mol. The number of ether oxygens (including phenoxy) is 3. The number of hydrogen-bond donors (Lipinski definition) is 1. The highest BCUT2D eigenvalue weighted by atomic mass is 16.7. The highest BCUT2D eigenvalue weighted by Gasteiger charge is 2.37. The summed E-state index contributed by atoms with van der Waals surface area (Å²) in [5.41, 5.74) is 3.23. The zero-order valence-corrected chi connectivity index (χ0v) is 30.9. The van der Waals surface area contributed by atoms with Crippen LogP contribution in [0.15, 0.2) is 35.3 Å². The molecule has 1 N–H and O–H groups in total. The third-order valence-electron chi connectivity index (χ3n) is 11.1. The van der Waals surface area contributed by atoms with Gasteiger partial charge in [0, 0.05) is 88.1 Å². The molecule has 1 atom stereocenters. The fourth-order valence-corrected chi connectivity index (χ4v) is 8.26. The Balaban J connectivity index is 1.34. The molecule has 278 valence electrons. The molecule has 51 heavy (non-hydrogen) atoms. The quantitative estimate of drug-likeness (QED) is 0.230. The van der Waals surface area contributed by atoms with Gasteiger partial charge in [0.25, 0.3) is 5.56 Å². The second-order valence-corrected chi connectivity index (χ2v) is 14.7. The minimum absolute atomic E-state index is 0.124. The normalized spacial score (nSPS) is 19.5. The van der Waals surface area contributed by atoms with Gasteiger partial charge in [-0.1, -0.05) is 32.8 Å². The van der Waals surface area contributed by atoms with E-state index in [0.29, 0.717) is 31.4 Å². The Labute approximate surface area is 301 Å². The predicted octanol–water partition coefficient (Wildman–Crippen LogP) is 5.90. The van der Waals surface area contributed by atoms with Gasteiger partial charge in [0.1, 0.15) is 5.75 Å². The molecule has 0 radical (unpaired) electrons. The second kappa shape index (κ2) is 16.7. The number of aryl methyl sites for hydroxylation is 1. The van der Waals surface area contributed by atoms with E-state index in [1.165, 1.54) is 11.0 Å². The van der Waals surface area contributed by atoms with Crippen LogP contribution in [0.5, 0.6) is 5.75 Å². The first-order chi connectivity index (χ1) is 24.7.